The van der Waals surface area contributed by atoms with E-state index >= 15 is 0 Å². The van der Waals surface area contributed by atoms with E-state index in [4.69, 9.17) is 4.74 Å². The lowest BCUT2D eigenvalue weighted by Gasteiger charge is -2.46. The van der Waals surface area contributed by atoms with Crippen molar-refractivity contribution >= 4 is 40.5 Å². The zero-order valence-corrected chi connectivity index (χ0v) is 39.0. The van der Waals surface area contributed by atoms with Gasteiger partial charge < -0.3 is 36.2 Å². The molecular formula is C48H72F3N9O5. The van der Waals surface area contributed by atoms with Gasteiger partial charge in [0.1, 0.15) is 24.8 Å². The van der Waals surface area contributed by atoms with Gasteiger partial charge in [-0.2, -0.15) is 13.2 Å². The Morgan fingerprint density at radius 2 is 1.52 bits per heavy atom. The summed E-state index contributed by atoms with van der Waals surface area (Å²) in [5, 5.41) is 16.6. The largest absolute Gasteiger partial charge is 0.448 e. The van der Waals surface area contributed by atoms with Crippen molar-refractivity contribution in [3.8, 4) is 0 Å². The van der Waals surface area contributed by atoms with Crippen LogP contribution in [0.2, 0.25) is 0 Å². The predicted octanol–water partition coefficient (Wildman–Crippen LogP) is 6.79. The molecule has 5 fully saturated rings. The first-order valence-electron chi connectivity index (χ1n) is 24.3. The van der Waals surface area contributed by atoms with Gasteiger partial charge in [-0.25, -0.2) is 14.8 Å². The first-order chi connectivity index (χ1) is 30.8. The van der Waals surface area contributed by atoms with Crippen LogP contribution in [0.3, 0.4) is 0 Å². The van der Waals surface area contributed by atoms with Gasteiger partial charge in [0.25, 0.3) is 0 Å². The lowest BCUT2D eigenvalue weighted by Crippen LogP contribution is -2.59. The number of alkyl carbamates (subject to hydrolysis) is 1. The van der Waals surface area contributed by atoms with Crippen LogP contribution in [0.1, 0.15) is 130 Å². The first kappa shape index (κ1) is 48.7. The number of amides is 4. The van der Waals surface area contributed by atoms with Gasteiger partial charge in [0, 0.05) is 47.9 Å². The Balaban J connectivity index is 0.873. The molecule has 65 heavy (non-hydrogen) atoms. The fourth-order valence-electron chi connectivity index (χ4n) is 10.9. The maximum Gasteiger partial charge on any atom is 0.416 e. The molecule has 3 saturated carbocycles. The smallest absolute Gasteiger partial charge is 0.416 e. The van der Waals surface area contributed by atoms with Crippen LogP contribution < -0.4 is 26.6 Å². The third-order valence-electron chi connectivity index (χ3n) is 14.8. The van der Waals surface area contributed by atoms with Gasteiger partial charge in [-0.1, -0.05) is 13.8 Å². The molecule has 4 atom stereocenters. The normalized spacial score (nSPS) is 26.9. The maximum atomic E-state index is 14.1. The molecule has 1 aromatic carbocycles. The number of ether oxygens (including phenoxy) is 1. The number of hydrogen-bond donors (Lipinski definition) is 5. The number of carbonyl (C=O) groups is 4. The van der Waals surface area contributed by atoms with Gasteiger partial charge in [-0.15, -0.1) is 0 Å². The van der Waals surface area contributed by atoms with Gasteiger partial charge in [-0.05, 0) is 160 Å². The zero-order chi connectivity index (χ0) is 46.5. The third-order valence-corrected chi connectivity index (χ3v) is 14.8. The number of likely N-dealkylation sites (tertiary alicyclic amines) is 2. The summed E-state index contributed by atoms with van der Waals surface area (Å²) < 4.78 is 46.2. The van der Waals surface area contributed by atoms with Crippen molar-refractivity contribution in [3.05, 3.63) is 30.1 Å². The highest BCUT2D eigenvalue weighted by atomic mass is 19.4. The van der Waals surface area contributed by atoms with Crippen LogP contribution in [0.15, 0.2) is 24.5 Å². The van der Waals surface area contributed by atoms with Crippen molar-refractivity contribution in [2.45, 2.75) is 166 Å². The third kappa shape index (κ3) is 12.8. The number of fused-ring (bicyclic) bond motifs is 1. The molecule has 3 aliphatic carbocycles. The molecule has 0 radical (unpaired) electrons. The van der Waals surface area contributed by atoms with E-state index in [2.05, 4.69) is 55.3 Å². The van der Waals surface area contributed by atoms with Crippen molar-refractivity contribution in [1.82, 2.24) is 41.0 Å². The molecule has 14 nitrogen and oxygen atoms in total. The quantitative estimate of drug-likeness (QED) is 0.144. The molecular weight excluding hydrogens is 840 g/mol. The Morgan fingerprint density at radius 1 is 0.846 bits per heavy atom. The Hall–Kier alpha value is -4.25. The molecule has 2 saturated heterocycles. The Bertz CT molecular complexity index is 1970. The fourth-order valence-corrected chi connectivity index (χ4v) is 10.9. The minimum absolute atomic E-state index is 0.00860. The summed E-state index contributed by atoms with van der Waals surface area (Å²) in [5.41, 5.74) is -0.509. The van der Waals surface area contributed by atoms with E-state index in [1.807, 2.05) is 25.7 Å². The van der Waals surface area contributed by atoms with Crippen molar-refractivity contribution in [2.24, 2.45) is 23.2 Å². The second kappa shape index (κ2) is 20.7. The number of nitrogens with one attached hydrogen (secondary N) is 5. The second-order valence-corrected chi connectivity index (χ2v) is 21.1. The molecule has 2 aliphatic heterocycles. The number of halogens is 3. The number of nitrogens with zero attached hydrogens (tertiary/aromatic N) is 4. The molecule has 5 aliphatic rings. The van der Waals surface area contributed by atoms with Crippen LogP contribution >= 0.6 is 0 Å². The summed E-state index contributed by atoms with van der Waals surface area (Å²) in [5.74, 6) is 0.450. The number of aromatic nitrogens is 2. The van der Waals surface area contributed by atoms with E-state index in [0.29, 0.717) is 56.7 Å². The first-order valence-corrected chi connectivity index (χ1v) is 24.3. The summed E-state index contributed by atoms with van der Waals surface area (Å²) >= 11 is 0. The maximum absolute atomic E-state index is 14.1. The van der Waals surface area contributed by atoms with Crippen LogP contribution in [-0.2, 0) is 25.3 Å². The minimum Gasteiger partial charge on any atom is -0.448 e. The molecule has 1 spiro atoms. The molecule has 0 unspecified atom stereocenters. The van der Waals surface area contributed by atoms with Gasteiger partial charge in [-0.3, -0.25) is 19.3 Å². The average Bonchev–Trinajstić information content (AvgIpc) is 3.61. The number of hydrogen-bond acceptors (Lipinski definition) is 10. The topological polar surface area (TPSA) is 170 Å². The number of rotatable bonds is 13. The predicted molar refractivity (Wildman–Crippen MR) is 243 cm³/mol. The molecule has 3 heterocycles. The summed E-state index contributed by atoms with van der Waals surface area (Å²) in [6.45, 7) is 14.5. The Labute approximate surface area is 382 Å². The van der Waals surface area contributed by atoms with E-state index in [1.165, 1.54) is 12.4 Å². The van der Waals surface area contributed by atoms with Crippen LogP contribution in [0, 0.1) is 23.2 Å². The number of piperidine rings is 1. The summed E-state index contributed by atoms with van der Waals surface area (Å²) in [7, 11) is 0. The van der Waals surface area contributed by atoms with E-state index in [0.717, 1.165) is 96.1 Å². The van der Waals surface area contributed by atoms with E-state index in [1.54, 1.807) is 0 Å². The molecule has 1 aromatic heterocycles. The SMILES string of the molecule is CC(C)CN[C@@H]1CC[C@H](N2CC[C@H](Nc3ncnc4ccc(C(F)(F)F)cc34)C2=O)[C@H](NC(=O)C2CCC(NC(=O)C3CCC4(CC3)CCN(CCOC(=O)NC(C)(C)C)CC4)CC2)C1. The number of anilines is 1. The molecule has 0 bridgehead atoms. The van der Waals surface area contributed by atoms with Crippen LogP contribution in [-0.4, -0.2) is 119 Å². The van der Waals surface area contributed by atoms with E-state index in [-0.39, 0.29) is 82.0 Å². The van der Waals surface area contributed by atoms with Crippen LogP contribution in [0.5, 0.6) is 0 Å². The lowest BCUT2D eigenvalue weighted by molar-refractivity contribution is -0.137. The van der Waals surface area contributed by atoms with E-state index in [9.17, 15) is 32.3 Å². The monoisotopic (exact) mass is 912 g/mol. The van der Waals surface area contributed by atoms with Crippen molar-refractivity contribution in [1.29, 1.82) is 0 Å². The Kier molecular flexibility index (Phi) is 15.5. The fraction of sp³-hybridized carbons (Fsp3) is 0.750. The van der Waals surface area contributed by atoms with Crippen LogP contribution in [0.25, 0.3) is 10.9 Å². The van der Waals surface area contributed by atoms with Gasteiger partial charge in [0.05, 0.1) is 23.2 Å². The molecule has 7 rings (SSSR count). The average molecular weight is 912 g/mol. The van der Waals surface area contributed by atoms with Crippen molar-refractivity contribution in [3.63, 3.8) is 0 Å². The number of carbonyl (C=O) groups excluding carboxylic acids is 4. The number of alkyl halides is 3. The molecule has 17 heteroatoms. The van der Waals surface area contributed by atoms with Gasteiger partial charge in [0.2, 0.25) is 17.7 Å². The standard InChI is InChI=1S/C48H72F3N9O5/c1-30(2)28-52-35-11-13-40(60-21-16-38(44(60)63)56-41-36-26-33(48(49,50)51)8-12-37(36)53-29-54-41)39(27-35)57-43(62)31-6-9-34(10-7-31)55-42(61)32-14-17-47(18-15-32)19-22-59(23-20-47)24-25-65-45(64)58-46(3,4)5/h8,12,26,29-32,34-35,38-40,52H,6-7,9-11,13-25,27-28H2,1-5H3,(H,55,61)(H,57,62)(H,58,64)(H,53,54,56)/t31?,34?,35-,38+,39-,40+/m1/s1. The van der Waals surface area contributed by atoms with Crippen molar-refractivity contribution in [2.75, 3.05) is 44.6 Å². The summed E-state index contributed by atoms with van der Waals surface area (Å²) in [6.07, 6.45) is 7.99. The Morgan fingerprint density at radius 3 is 2.20 bits per heavy atom. The van der Waals surface area contributed by atoms with Gasteiger partial charge >= 0.3 is 12.3 Å². The highest BCUT2D eigenvalue weighted by molar-refractivity contribution is 5.93. The molecule has 2 aromatic rings. The summed E-state index contributed by atoms with van der Waals surface area (Å²) in [4.78, 5) is 66.2. The summed E-state index contributed by atoms with van der Waals surface area (Å²) in [6, 6.07) is 2.38. The second-order valence-electron chi connectivity index (χ2n) is 21.1. The van der Waals surface area contributed by atoms with E-state index < -0.39 is 17.8 Å². The lowest BCUT2D eigenvalue weighted by atomic mass is 9.65. The zero-order valence-electron chi connectivity index (χ0n) is 39.0. The highest BCUT2D eigenvalue weighted by Gasteiger charge is 2.44. The molecule has 4 amide bonds. The van der Waals surface area contributed by atoms with Crippen LogP contribution in [0.4, 0.5) is 23.8 Å². The molecule has 360 valence electrons. The minimum atomic E-state index is -4.54. The highest BCUT2D eigenvalue weighted by Crippen LogP contribution is 2.46. The molecule has 5 N–H and O–H groups in total. The van der Waals surface area contributed by atoms with Gasteiger partial charge in [0.15, 0.2) is 0 Å². The number of benzene rings is 1. The van der Waals surface area contributed by atoms with Crippen molar-refractivity contribution < 1.29 is 37.1 Å².